The number of nitrogens with zero attached hydrogens (tertiary/aromatic N) is 1. The number of anilines is 1. The summed E-state index contributed by atoms with van der Waals surface area (Å²) in [5.74, 6) is 0.562. The average Bonchev–Trinajstić information content (AvgIpc) is 2.78. The van der Waals surface area contributed by atoms with E-state index in [1.54, 1.807) is 6.07 Å². The first kappa shape index (κ1) is 20.1. The first-order valence-corrected chi connectivity index (χ1v) is 10.5. The third kappa shape index (κ3) is 4.70. The van der Waals surface area contributed by atoms with E-state index in [4.69, 9.17) is 4.74 Å². The largest absolute Gasteiger partial charge is 0.487 e. The number of ether oxygens (including phenoxy) is 1. The summed E-state index contributed by atoms with van der Waals surface area (Å²) in [5.41, 5.74) is 5.07. The summed E-state index contributed by atoms with van der Waals surface area (Å²) in [6, 6.07) is 21.8. The highest BCUT2D eigenvalue weighted by Gasteiger charge is 2.21. The Morgan fingerprint density at radius 2 is 1.87 bits per heavy atom. The lowest BCUT2D eigenvalue weighted by Crippen LogP contribution is -2.29. The number of halogens is 1. The lowest BCUT2D eigenvalue weighted by atomic mass is 10.00. The standard InChI is InChI=1S/C26H26FNO2/c27-24-17-21(13-14-22(24)11-6-16-29)19-30-25-12-4-9-23-10-5-15-28(26(23)25)18-20-7-2-1-3-8-20/h1-4,7-9,12-14,16-17H,5-6,10-11,15,18-19H2. The molecular weight excluding hydrogens is 377 g/mol. The van der Waals surface area contributed by atoms with Crippen LogP contribution in [0, 0.1) is 5.82 Å². The van der Waals surface area contributed by atoms with E-state index in [0.717, 1.165) is 49.2 Å². The molecule has 0 saturated heterocycles. The average molecular weight is 403 g/mol. The molecule has 0 radical (unpaired) electrons. The van der Waals surface area contributed by atoms with E-state index in [1.165, 1.54) is 17.2 Å². The summed E-state index contributed by atoms with van der Waals surface area (Å²) in [4.78, 5) is 12.9. The van der Waals surface area contributed by atoms with Crippen LogP contribution in [0.1, 0.15) is 35.1 Å². The van der Waals surface area contributed by atoms with Crippen LogP contribution >= 0.6 is 0 Å². The number of benzene rings is 3. The molecule has 0 bridgehead atoms. The van der Waals surface area contributed by atoms with Crippen molar-refractivity contribution in [3.63, 3.8) is 0 Å². The predicted octanol–water partition coefficient (Wildman–Crippen LogP) is 5.49. The van der Waals surface area contributed by atoms with Gasteiger partial charge in [-0.25, -0.2) is 4.39 Å². The predicted molar refractivity (Wildman–Crippen MR) is 117 cm³/mol. The fourth-order valence-electron chi connectivity index (χ4n) is 4.04. The van der Waals surface area contributed by atoms with Crippen molar-refractivity contribution in [1.29, 1.82) is 0 Å². The lowest BCUT2D eigenvalue weighted by Gasteiger charge is -2.33. The second-order valence-corrected chi connectivity index (χ2v) is 7.69. The molecule has 0 spiro atoms. The second-order valence-electron chi connectivity index (χ2n) is 7.69. The molecule has 1 heterocycles. The van der Waals surface area contributed by atoms with Crippen molar-refractivity contribution in [2.75, 3.05) is 11.4 Å². The van der Waals surface area contributed by atoms with Gasteiger partial charge in [-0.2, -0.15) is 0 Å². The number of fused-ring (bicyclic) bond motifs is 1. The Kier molecular flexibility index (Phi) is 6.43. The first-order valence-electron chi connectivity index (χ1n) is 10.5. The summed E-state index contributed by atoms with van der Waals surface area (Å²) < 4.78 is 20.5. The van der Waals surface area contributed by atoms with Crippen LogP contribution in [0.15, 0.2) is 66.7 Å². The molecule has 154 valence electrons. The van der Waals surface area contributed by atoms with E-state index < -0.39 is 0 Å². The summed E-state index contributed by atoms with van der Waals surface area (Å²) in [6.07, 6.45) is 3.74. The number of carbonyl (C=O) groups excluding carboxylic acids is 1. The van der Waals surface area contributed by atoms with E-state index in [0.29, 0.717) is 25.0 Å². The van der Waals surface area contributed by atoms with Gasteiger partial charge in [0.2, 0.25) is 0 Å². The number of aryl methyl sites for hydroxylation is 2. The van der Waals surface area contributed by atoms with Gasteiger partial charge in [0.05, 0.1) is 5.69 Å². The van der Waals surface area contributed by atoms with Gasteiger partial charge >= 0.3 is 0 Å². The highest BCUT2D eigenvalue weighted by atomic mass is 19.1. The Labute approximate surface area is 177 Å². The molecule has 3 aromatic carbocycles. The third-order valence-corrected chi connectivity index (χ3v) is 5.53. The van der Waals surface area contributed by atoms with Gasteiger partial charge in [-0.15, -0.1) is 0 Å². The molecule has 3 aromatic rings. The highest BCUT2D eigenvalue weighted by molar-refractivity contribution is 5.65. The van der Waals surface area contributed by atoms with Crippen molar-refractivity contribution in [2.24, 2.45) is 0 Å². The molecule has 0 N–H and O–H groups in total. The number of para-hydroxylation sites is 1. The van der Waals surface area contributed by atoms with E-state index >= 15 is 0 Å². The van der Waals surface area contributed by atoms with Gasteiger partial charge in [0, 0.05) is 19.5 Å². The van der Waals surface area contributed by atoms with Crippen molar-refractivity contribution < 1.29 is 13.9 Å². The summed E-state index contributed by atoms with van der Waals surface area (Å²) >= 11 is 0. The van der Waals surface area contributed by atoms with Crippen molar-refractivity contribution in [1.82, 2.24) is 0 Å². The van der Waals surface area contributed by atoms with Crippen LogP contribution in [0.25, 0.3) is 0 Å². The molecule has 0 atom stereocenters. The zero-order chi connectivity index (χ0) is 20.8. The molecule has 1 aliphatic heterocycles. The van der Waals surface area contributed by atoms with E-state index in [-0.39, 0.29) is 5.82 Å². The van der Waals surface area contributed by atoms with Gasteiger partial charge in [0.25, 0.3) is 0 Å². The molecule has 0 aliphatic carbocycles. The van der Waals surface area contributed by atoms with Gasteiger partial charge in [-0.05, 0) is 53.6 Å². The van der Waals surface area contributed by atoms with Crippen LogP contribution in [0.4, 0.5) is 10.1 Å². The smallest absolute Gasteiger partial charge is 0.143 e. The van der Waals surface area contributed by atoms with Crippen LogP contribution in [-0.2, 0) is 30.8 Å². The molecule has 4 heteroatoms. The first-order chi connectivity index (χ1) is 14.7. The van der Waals surface area contributed by atoms with Crippen LogP contribution in [0.5, 0.6) is 5.75 Å². The fraction of sp³-hybridized carbons (Fsp3) is 0.269. The van der Waals surface area contributed by atoms with Crippen LogP contribution < -0.4 is 9.64 Å². The van der Waals surface area contributed by atoms with Gasteiger partial charge < -0.3 is 14.4 Å². The maximum absolute atomic E-state index is 14.3. The SMILES string of the molecule is O=CCCc1ccc(COc2cccc3c2N(Cc2ccccc2)CCC3)cc1F. The minimum atomic E-state index is -0.279. The monoisotopic (exact) mass is 403 g/mol. The molecule has 4 rings (SSSR count). The van der Waals surface area contributed by atoms with Gasteiger partial charge in [-0.3, -0.25) is 0 Å². The third-order valence-electron chi connectivity index (χ3n) is 5.53. The summed E-state index contributed by atoms with van der Waals surface area (Å²) in [6.45, 7) is 2.14. The van der Waals surface area contributed by atoms with Crippen LogP contribution in [0.2, 0.25) is 0 Å². The van der Waals surface area contributed by atoms with Crippen LogP contribution in [0.3, 0.4) is 0 Å². The Balaban J connectivity index is 1.51. The molecule has 0 unspecified atom stereocenters. The molecule has 0 fully saturated rings. The molecule has 0 saturated carbocycles. The zero-order valence-corrected chi connectivity index (χ0v) is 17.0. The van der Waals surface area contributed by atoms with Crippen molar-refractivity contribution in [3.8, 4) is 5.75 Å². The minimum absolute atomic E-state index is 0.279. The van der Waals surface area contributed by atoms with E-state index in [2.05, 4.69) is 35.2 Å². The number of carbonyl (C=O) groups is 1. The minimum Gasteiger partial charge on any atom is -0.487 e. The molecule has 0 amide bonds. The number of rotatable bonds is 8. The Bertz CT molecular complexity index is 1000. The van der Waals surface area contributed by atoms with Gasteiger partial charge in [0.15, 0.2) is 0 Å². The Hall–Kier alpha value is -3.14. The number of aldehydes is 1. The van der Waals surface area contributed by atoms with Gasteiger partial charge in [-0.1, -0.05) is 54.6 Å². The van der Waals surface area contributed by atoms with Crippen LogP contribution in [-0.4, -0.2) is 12.8 Å². The van der Waals surface area contributed by atoms with Crippen molar-refractivity contribution >= 4 is 12.0 Å². The van der Waals surface area contributed by atoms with E-state index in [1.807, 2.05) is 24.3 Å². The van der Waals surface area contributed by atoms with E-state index in [9.17, 15) is 9.18 Å². The molecule has 0 aromatic heterocycles. The second kappa shape index (κ2) is 9.57. The maximum atomic E-state index is 14.3. The quantitative estimate of drug-likeness (QED) is 0.466. The summed E-state index contributed by atoms with van der Waals surface area (Å²) in [5, 5.41) is 0. The molecule has 30 heavy (non-hydrogen) atoms. The Morgan fingerprint density at radius 1 is 1.00 bits per heavy atom. The fourth-order valence-corrected chi connectivity index (χ4v) is 4.04. The molecular formula is C26H26FNO2. The number of hydrogen-bond donors (Lipinski definition) is 0. The number of hydrogen-bond acceptors (Lipinski definition) is 3. The highest BCUT2D eigenvalue weighted by Crippen LogP contribution is 2.37. The summed E-state index contributed by atoms with van der Waals surface area (Å²) in [7, 11) is 0. The topological polar surface area (TPSA) is 29.5 Å². The molecule has 1 aliphatic rings. The molecule has 3 nitrogen and oxygen atoms in total. The van der Waals surface area contributed by atoms with Crippen molar-refractivity contribution in [2.45, 2.75) is 38.8 Å². The van der Waals surface area contributed by atoms with Gasteiger partial charge in [0.1, 0.15) is 24.5 Å². The van der Waals surface area contributed by atoms with Crippen molar-refractivity contribution in [3.05, 3.63) is 94.8 Å². The normalized spacial score (nSPS) is 13.0. The lowest BCUT2D eigenvalue weighted by molar-refractivity contribution is -0.107. The maximum Gasteiger partial charge on any atom is 0.143 e. The Morgan fingerprint density at radius 3 is 2.67 bits per heavy atom. The zero-order valence-electron chi connectivity index (χ0n) is 17.0.